The topological polar surface area (TPSA) is 21.6 Å². The van der Waals surface area contributed by atoms with E-state index < -0.39 is 0 Å². The molecule has 0 atom stereocenters. The van der Waals surface area contributed by atoms with E-state index in [0.29, 0.717) is 6.61 Å². The average Bonchev–Trinajstić information content (AvgIpc) is 2.41. The van der Waals surface area contributed by atoms with Crippen molar-refractivity contribution in [2.45, 2.75) is 6.42 Å². The number of benzene rings is 2. The molecule has 86 valence electrons. The highest BCUT2D eigenvalue weighted by Crippen LogP contribution is 2.00. The largest absolute Gasteiger partial charge is 0.395 e. The van der Waals surface area contributed by atoms with E-state index >= 15 is 0 Å². The first-order valence-electron chi connectivity index (χ1n) is 5.69. The zero-order chi connectivity index (χ0) is 11.8. The molecule has 0 N–H and O–H groups in total. The molecule has 0 bridgehead atoms. The first kappa shape index (κ1) is 11.4. The zero-order valence-electron chi connectivity index (χ0n) is 9.62. The molecule has 0 aliphatic carbocycles. The molecule has 0 radical (unpaired) electrons. The molecule has 2 nitrogen and oxygen atoms in total. The fraction of sp³-hybridized carbons (Fsp3) is 0.133. The number of oxime groups is 1. The SMILES string of the molecule is C(=N\OCCc1ccccc1)/c1ccccc1. The van der Waals surface area contributed by atoms with Gasteiger partial charge in [0.2, 0.25) is 0 Å². The quantitative estimate of drug-likeness (QED) is 0.435. The molecule has 0 amide bonds. The molecule has 0 spiro atoms. The molecule has 2 aromatic carbocycles. The third kappa shape index (κ3) is 4.11. The van der Waals surface area contributed by atoms with E-state index in [1.54, 1.807) is 6.21 Å². The normalized spacial score (nSPS) is 10.6. The van der Waals surface area contributed by atoms with Crippen molar-refractivity contribution >= 4 is 6.21 Å². The molecule has 0 aliphatic heterocycles. The Hall–Kier alpha value is -2.09. The summed E-state index contributed by atoms with van der Waals surface area (Å²) in [6.07, 6.45) is 2.61. The van der Waals surface area contributed by atoms with Crippen molar-refractivity contribution in [1.29, 1.82) is 0 Å². The predicted molar refractivity (Wildman–Crippen MR) is 70.1 cm³/mol. The van der Waals surface area contributed by atoms with Crippen LogP contribution in [-0.4, -0.2) is 12.8 Å². The maximum absolute atomic E-state index is 5.21. The highest BCUT2D eigenvalue weighted by Gasteiger charge is 1.90. The smallest absolute Gasteiger partial charge is 0.121 e. The van der Waals surface area contributed by atoms with Crippen LogP contribution in [0, 0.1) is 0 Å². The van der Waals surface area contributed by atoms with Crippen molar-refractivity contribution in [2.24, 2.45) is 5.16 Å². The Bertz CT molecular complexity index is 451. The maximum atomic E-state index is 5.21. The Kier molecular flexibility index (Phi) is 4.35. The molecule has 0 saturated carbocycles. The van der Waals surface area contributed by atoms with E-state index in [1.165, 1.54) is 5.56 Å². The van der Waals surface area contributed by atoms with Crippen LogP contribution in [-0.2, 0) is 11.3 Å². The Balaban J connectivity index is 1.72. The Morgan fingerprint density at radius 2 is 1.53 bits per heavy atom. The molecule has 17 heavy (non-hydrogen) atoms. The van der Waals surface area contributed by atoms with Gasteiger partial charge in [0.1, 0.15) is 6.61 Å². The monoisotopic (exact) mass is 225 g/mol. The first-order chi connectivity index (χ1) is 8.45. The lowest BCUT2D eigenvalue weighted by atomic mass is 10.2. The highest BCUT2D eigenvalue weighted by atomic mass is 16.6. The van der Waals surface area contributed by atoms with Crippen LogP contribution in [0.25, 0.3) is 0 Å². The predicted octanol–water partition coefficient (Wildman–Crippen LogP) is 3.28. The number of rotatable bonds is 5. The van der Waals surface area contributed by atoms with E-state index in [4.69, 9.17) is 4.84 Å². The van der Waals surface area contributed by atoms with Crippen LogP contribution in [0.1, 0.15) is 11.1 Å². The van der Waals surface area contributed by atoms with Crippen molar-refractivity contribution < 1.29 is 4.84 Å². The number of nitrogens with zero attached hydrogens (tertiary/aromatic N) is 1. The summed E-state index contributed by atoms with van der Waals surface area (Å²) >= 11 is 0. The molecule has 0 fully saturated rings. The summed E-state index contributed by atoms with van der Waals surface area (Å²) in [5, 5.41) is 3.93. The summed E-state index contributed by atoms with van der Waals surface area (Å²) in [5.74, 6) is 0. The van der Waals surface area contributed by atoms with Crippen molar-refractivity contribution in [3.05, 3.63) is 71.8 Å². The molecule has 2 aromatic rings. The minimum atomic E-state index is 0.605. The van der Waals surface area contributed by atoms with Crippen LogP contribution in [0.4, 0.5) is 0 Å². The molecule has 0 heterocycles. The molecule has 0 unspecified atom stereocenters. The van der Waals surface area contributed by atoms with Gasteiger partial charge >= 0.3 is 0 Å². The lowest BCUT2D eigenvalue weighted by molar-refractivity contribution is 0.149. The van der Waals surface area contributed by atoms with Crippen molar-refractivity contribution in [3.8, 4) is 0 Å². The standard InChI is InChI=1S/C15H15NO/c1-3-7-14(8-4-1)11-12-17-16-13-15-9-5-2-6-10-15/h1-10,13H,11-12H2/b16-13+. The summed E-state index contributed by atoms with van der Waals surface area (Å²) < 4.78 is 0. The van der Waals surface area contributed by atoms with Crippen molar-refractivity contribution in [1.82, 2.24) is 0 Å². The van der Waals surface area contributed by atoms with Gasteiger partial charge in [0, 0.05) is 6.42 Å². The highest BCUT2D eigenvalue weighted by molar-refractivity contribution is 5.78. The minimum Gasteiger partial charge on any atom is -0.395 e. The Morgan fingerprint density at radius 3 is 2.24 bits per heavy atom. The third-order valence-electron chi connectivity index (χ3n) is 2.40. The maximum Gasteiger partial charge on any atom is 0.121 e. The van der Waals surface area contributed by atoms with E-state index in [1.807, 2.05) is 48.5 Å². The van der Waals surface area contributed by atoms with Gasteiger partial charge in [-0.25, -0.2) is 0 Å². The van der Waals surface area contributed by atoms with Crippen LogP contribution in [0.2, 0.25) is 0 Å². The van der Waals surface area contributed by atoms with Crippen LogP contribution in [0.15, 0.2) is 65.8 Å². The molecule has 2 rings (SSSR count). The molecule has 0 aliphatic rings. The van der Waals surface area contributed by atoms with Crippen molar-refractivity contribution in [2.75, 3.05) is 6.61 Å². The summed E-state index contributed by atoms with van der Waals surface area (Å²) in [5.41, 5.74) is 2.31. The molecule has 0 aromatic heterocycles. The van der Waals surface area contributed by atoms with Crippen LogP contribution >= 0.6 is 0 Å². The van der Waals surface area contributed by atoms with Gasteiger partial charge in [-0.3, -0.25) is 0 Å². The fourth-order valence-corrected chi connectivity index (χ4v) is 1.50. The number of hydrogen-bond donors (Lipinski definition) is 0. The van der Waals surface area contributed by atoms with Gasteiger partial charge in [0.15, 0.2) is 0 Å². The zero-order valence-corrected chi connectivity index (χ0v) is 9.62. The second kappa shape index (κ2) is 6.48. The lowest BCUT2D eigenvalue weighted by Crippen LogP contribution is -1.94. The van der Waals surface area contributed by atoms with E-state index in [0.717, 1.165) is 12.0 Å². The van der Waals surface area contributed by atoms with Gasteiger partial charge < -0.3 is 4.84 Å². The van der Waals surface area contributed by atoms with Gasteiger partial charge in [0.25, 0.3) is 0 Å². The second-order valence-corrected chi connectivity index (χ2v) is 3.71. The summed E-state index contributed by atoms with van der Waals surface area (Å²) in [4.78, 5) is 5.21. The van der Waals surface area contributed by atoms with E-state index in [9.17, 15) is 0 Å². The van der Waals surface area contributed by atoms with Gasteiger partial charge in [-0.1, -0.05) is 65.8 Å². The molecule has 2 heteroatoms. The van der Waals surface area contributed by atoms with Gasteiger partial charge in [-0.15, -0.1) is 0 Å². The first-order valence-corrected chi connectivity index (χ1v) is 5.69. The number of hydrogen-bond acceptors (Lipinski definition) is 2. The minimum absolute atomic E-state index is 0.605. The van der Waals surface area contributed by atoms with E-state index in [2.05, 4.69) is 17.3 Å². The van der Waals surface area contributed by atoms with Crippen LogP contribution in [0.5, 0.6) is 0 Å². The lowest BCUT2D eigenvalue weighted by Gasteiger charge is -1.99. The van der Waals surface area contributed by atoms with Gasteiger partial charge in [0.05, 0.1) is 6.21 Å². The molecular weight excluding hydrogens is 210 g/mol. The summed E-state index contributed by atoms with van der Waals surface area (Å²) in [7, 11) is 0. The van der Waals surface area contributed by atoms with Gasteiger partial charge in [-0.05, 0) is 11.1 Å². The Morgan fingerprint density at radius 1 is 0.882 bits per heavy atom. The average molecular weight is 225 g/mol. The molecular formula is C15H15NO. The van der Waals surface area contributed by atoms with Crippen molar-refractivity contribution in [3.63, 3.8) is 0 Å². The molecule has 0 saturated heterocycles. The third-order valence-corrected chi connectivity index (χ3v) is 2.40. The summed E-state index contributed by atoms with van der Waals surface area (Å²) in [6.45, 7) is 0.605. The second-order valence-electron chi connectivity index (χ2n) is 3.71. The van der Waals surface area contributed by atoms with Crippen LogP contribution in [0.3, 0.4) is 0 Å². The summed E-state index contributed by atoms with van der Waals surface area (Å²) in [6, 6.07) is 20.2. The van der Waals surface area contributed by atoms with E-state index in [-0.39, 0.29) is 0 Å². The van der Waals surface area contributed by atoms with Gasteiger partial charge in [-0.2, -0.15) is 0 Å². The Labute approximate surface area is 102 Å². The van der Waals surface area contributed by atoms with Crippen LogP contribution < -0.4 is 0 Å². The fourth-order valence-electron chi connectivity index (χ4n) is 1.50.